The van der Waals surface area contributed by atoms with E-state index in [0.29, 0.717) is 11.3 Å². The van der Waals surface area contributed by atoms with Crippen molar-refractivity contribution in [2.45, 2.75) is 18.2 Å². The summed E-state index contributed by atoms with van der Waals surface area (Å²) in [6, 6.07) is 10.8. The van der Waals surface area contributed by atoms with E-state index in [2.05, 4.69) is 4.98 Å². The Morgan fingerprint density at radius 1 is 1.00 bits per heavy atom. The Balaban J connectivity index is 2.11. The van der Waals surface area contributed by atoms with Crippen LogP contribution in [0.5, 0.6) is 0 Å². The third kappa shape index (κ3) is 3.17. The average molecular weight is 262 g/mol. The maximum Gasteiger partial charge on any atom is 0.178 e. The number of aryl methyl sites for hydroxylation is 2. The topological polar surface area (TPSA) is 48.3 Å². The molecule has 0 saturated carbocycles. The summed E-state index contributed by atoms with van der Waals surface area (Å²) < 4.78 is 24.2. The number of nitrogens with one attached hydrogen (secondary N) is 1. The summed E-state index contributed by atoms with van der Waals surface area (Å²) in [5.41, 5.74) is 2.08. The Labute approximate surface area is 107 Å². The van der Waals surface area contributed by atoms with Crippen LogP contribution in [-0.4, -0.2) is 14.2 Å². The first-order valence-corrected chi connectivity index (χ1v) is 7.47. The number of H-pyrrole nitrogens is 1. The lowest BCUT2D eigenvalue weighted by molar-refractivity contribution is -0.378. The number of hydrogen-bond acceptors (Lipinski definition) is 2. The standard InChI is InChI=1S/C14H15NO2S/c1-12-2-4-14(5-3-12)18(16,17)11-8-13-6-9-15-10-7-13/h2-7,9-10H,8,11H2,1H3/p+1. The van der Waals surface area contributed by atoms with Gasteiger partial charge in [0.05, 0.1) is 10.6 Å². The highest BCUT2D eigenvalue weighted by atomic mass is 32.2. The van der Waals surface area contributed by atoms with E-state index in [1.165, 1.54) is 0 Å². The van der Waals surface area contributed by atoms with Crippen molar-refractivity contribution in [1.29, 1.82) is 0 Å². The van der Waals surface area contributed by atoms with Gasteiger partial charge in [-0.1, -0.05) is 17.7 Å². The van der Waals surface area contributed by atoms with Crippen molar-refractivity contribution in [3.63, 3.8) is 0 Å². The maximum absolute atomic E-state index is 12.1. The summed E-state index contributed by atoms with van der Waals surface area (Å²) in [5.74, 6) is 0.139. The smallest absolute Gasteiger partial charge is 0.178 e. The molecule has 0 spiro atoms. The van der Waals surface area contributed by atoms with Gasteiger partial charge in [-0.15, -0.1) is 0 Å². The monoisotopic (exact) mass is 262 g/mol. The second-order valence-corrected chi connectivity index (χ2v) is 6.40. The van der Waals surface area contributed by atoms with Crippen LogP contribution in [0.4, 0.5) is 0 Å². The lowest BCUT2D eigenvalue weighted by Gasteiger charge is -2.04. The van der Waals surface area contributed by atoms with Crippen molar-refractivity contribution in [2.24, 2.45) is 0 Å². The Morgan fingerprint density at radius 3 is 2.22 bits per heavy atom. The average Bonchev–Trinajstić information content (AvgIpc) is 2.38. The number of hydrogen-bond donors (Lipinski definition) is 0. The van der Waals surface area contributed by atoms with Crippen LogP contribution in [0.25, 0.3) is 0 Å². The van der Waals surface area contributed by atoms with E-state index < -0.39 is 9.84 Å². The minimum atomic E-state index is -3.19. The van der Waals surface area contributed by atoms with Gasteiger partial charge in [-0.2, -0.15) is 0 Å². The SMILES string of the molecule is Cc1ccc(S(=O)(=O)CCc2cc[nH+]cc2)cc1. The molecule has 0 amide bonds. The minimum absolute atomic E-state index is 0.139. The van der Waals surface area contributed by atoms with Crippen LogP contribution in [-0.2, 0) is 16.3 Å². The Bertz CT molecular complexity index is 604. The first-order chi connectivity index (χ1) is 8.58. The molecule has 0 aliphatic rings. The fraction of sp³-hybridized carbons (Fsp3) is 0.214. The lowest BCUT2D eigenvalue weighted by atomic mass is 10.2. The highest BCUT2D eigenvalue weighted by Crippen LogP contribution is 2.13. The third-order valence-corrected chi connectivity index (χ3v) is 4.56. The van der Waals surface area contributed by atoms with Crippen molar-refractivity contribution in [3.05, 3.63) is 59.9 Å². The van der Waals surface area contributed by atoms with Crippen LogP contribution < -0.4 is 4.98 Å². The van der Waals surface area contributed by atoms with E-state index in [0.717, 1.165) is 11.1 Å². The predicted octanol–water partition coefficient (Wildman–Crippen LogP) is 1.83. The molecule has 4 heteroatoms. The molecular formula is C14H16NO2S+. The summed E-state index contributed by atoms with van der Waals surface area (Å²) in [6.45, 7) is 1.94. The molecule has 1 aromatic carbocycles. The van der Waals surface area contributed by atoms with Crippen molar-refractivity contribution < 1.29 is 13.4 Å². The fourth-order valence-corrected chi connectivity index (χ4v) is 2.99. The molecule has 0 fully saturated rings. The normalized spacial score (nSPS) is 11.4. The molecule has 0 aliphatic heterocycles. The van der Waals surface area contributed by atoms with Gasteiger partial charge in [0, 0.05) is 12.1 Å². The zero-order valence-corrected chi connectivity index (χ0v) is 11.1. The summed E-state index contributed by atoms with van der Waals surface area (Å²) >= 11 is 0. The van der Waals surface area contributed by atoms with Gasteiger partial charge >= 0.3 is 0 Å². The van der Waals surface area contributed by atoms with Crippen molar-refractivity contribution in [2.75, 3.05) is 5.75 Å². The van der Waals surface area contributed by atoms with Gasteiger partial charge in [-0.05, 0) is 31.0 Å². The first-order valence-electron chi connectivity index (χ1n) is 5.82. The molecule has 0 atom stereocenters. The van der Waals surface area contributed by atoms with Gasteiger partial charge in [0.2, 0.25) is 0 Å². The molecule has 1 heterocycles. The summed E-state index contributed by atoms with van der Waals surface area (Å²) in [5, 5.41) is 0. The molecule has 0 saturated heterocycles. The van der Waals surface area contributed by atoms with Gasteiger partial charge < -0.3 is 0 Å². The summed E-state index contributed by atoms with van der Waals surface area (Å²) in [4.78, 5) is 3.32. The Morgan fingerprint density at radius 2 is 1.61 bits per heavy atom. The van der Waals surface area contributed by atoms with Gasteiger partial charge in [-0.25, -0.2) is 13.4 Å². The van der Waals surface area contributed by atoms with E-state index >= 15 is 0 Å². The second kappa shape index (κ2) is 5.31. The van der Waals surface area contributed by atoms with Crippen LogP contribution in [0.3, 0.4) is 0 Å². The third-order valence-electron chi connectivity index (χ3n) is 2.83. The molecule has 0 aliphatic carbocycles. The molecule has 18 heavy (non-hydrogen) atoms. The number of rotatable bonds is 4. The molecular weight excluding hydrogens is 246 g/mol. The van der Waals surface area contributed by atoms with E-state index in [1.807, 2.05) is 31.2 Å². The molecule has 0 bridgehead atoms. The van der Waals surface area contributed by atoms with Gasteiger partial charge in [0.15, 0.2) is 22.2 Å². The zero-order chi connectivity index (χ0) is 13.0. The van der Waals surface area contributed by atoms with E-state index in [4.69, 9.17) is 0 Å². The molecule has 94 valence electrons. The number of pyridine rings is 1. The van der Waals surface area contributed by atoms with Gasteiger partial charge in [0.1, 0.15) is 0 Å². The molecule has 1 aromatic heterocycles. The lowest BCUT2D eigenvalue weighted by Crippen LogP contribution is -2.10. The zero-order valence-electron chi connectivity index (χ0n) is 10.3. The van der Waals surface area contributed by atoms with Crippen LogP contribution in [0.1, 0.15) is 11.1 Å². The highest BCUT2D eigenvalue weighted by Gasteiger charge is 2.14. The Kier molecular flexibility index (Phi) is 3.77. The number of sulfone groups is 1. The number of aromatic amines is 1. The molecule has 0 unspecified atom stereocenters. The highest BCUT2D eigenvalue weighted by molar-refractivity contribution is 7.91. The van der Waals surface area contributed by atoms with Crippen LogP contribution in [0.15, 0.2) is 53.7 Å². The maximum atomic E-state index is 12.1. The van der Waals surface area contributed by atoms with Crippen molar-refractivity contribution in [1.82, 2.24) is 0 Å². The van der Waals surface area contributed by atoms with E-state index in [-0.39, 0.29) is 5.75 Å². The van der Waals surface area contributed by atoms with Crippen LogP contribution >= 0.6 is 0 Å². The first kappa shape index (κ1) is 12.8. The van der Waals surface area contributed by atoms with Crippen LogP contribution in [0.2, 0.25) is 0 Å². The van der Waals surface area contributed by atoms with Gasteiger partial charge in [-0.3, -0.25) is 0 Å². The fourth-order valence-electron chi connectivity index (χ4n) is 1.70. The summed E-state index contributed by atoms with van der Waals surface area (Å²) in [6.07, 6.45) is 4.13. The Hall–Kier alpha value is -1.68. The number of benzene rings is 1. The summed E-state index contributed by atoms with van der Waals surface area (Å²) in [7, 11) is -3.19. The van der Waals surface area contributed by atoms with Gasteiger partial charge in [0.25, 0.3) is 0 Å². The largest absolute Gasteiger partial charge is 0.224 e. The number of aromatic nitrogens is 1. The molecule has 0 radical (unpaired) electrons. The predicted molar refractivity (Wildman–Crippen MR) is 69.9 cm³/mol. The van der Waals surface area contributed by atoms with Crippen molar-refractivity contribution in [3.8, 4) is 0 Å². The van der Waals surface area contributed by atoms with Crippen LogP contribution in [0, 0.1) is 6.92 Å². The minimum Gasteiger partial charge on any atom is -0.224 e. The molecule has 2 rings (SSSR count). The molecule has 3 nitrogen and oxygen atoms in total. The van der Waals surface area contributed by atoms with Crippen molar-refractivity contribution >= 4 is 9.84 Å². The quantitative estimate of drug-likeness (QED) is 0.844. The molecule has 2 aromatic rings. The van der Waals surface area contributed by atoms with E-state index in [9.17, 15) is 8.42 Å². The van der Waals surface area contributed by atoms with E-state index in [1.54, 1.807) is 24.5 Å². The second-order valence-electron chi connectivity index (χ2n) is 4.29. The molecule has 1 N–H and O–H groups in total.